The summed E-state index contributed by atoms with van der Waals surface area (Å²) in [4.78, 5) is 0. The minimum Gasteiger partial charge on any atom is -0.392 e. The van der Waals surface area contributed by atoms with Gasteiger partial charge in [-0.3, -0.25) is 0 Å². The molecule has 1 aromatic rings. The fraction of sp³-hybridized carbons (Fsp3) is 0.250. The second-order valence-corrected chi connectivity index (χ2v) is 3.88. The van der Waals surface area contributed by atoms with E-state index >= 15 is 0 Å². The number of aliphatic hydroxyl groups is 1. The molecule has 1 atom stereocenters. The molecule has 1 unspecified atom stereocenters. The molecule has 11 heavy (non-hydrogen) atoms. The first-order chi connectivity index (χ1) is 5.34. The average Bonchev–Trinajstić information content (AvgIpc) is 2.07. The highest BCUT2D eigenvalue weighted by atomic mass is 31.1. The molecule has 1 N–H and O–H groups in total. The van der Waals surface area contributed by atoms with E-state index in [4.69, 9.17) is 5.11 Å². The molecule has 1 aromatic carbocycles. The monoisotopic (exact) mass is 169 g/mol. The summed E-state index contributed by atoms with van der Waals surface area (Å²) in [5.41, 5.74) is 0. The van der Waals surface area contributed by atoms with Crippen molar-refractivity contribution in [2.45, 2.75) is 0 Å². The summed E-state index contributed by atoms with van der Waals surface area (Å²) in [5.74, 6) is 0. The molecule has 3 heteroatoms. The maximum Gasteiger partial charge on any atom is 0.379 e. The second-order valence-electron chi connectivity index (χ2n) is 2.16. The molecule has 0 aromatic heterocycles. The molecule has 0 aliphatic rings. The smallest absolute Gasteiger partial charge is 0.379 e. The van der Waals surface area contributed by atoms with Gasteiger partial charge in [-0.1, -0.05) is 22.8 Å². The van der Waals surface area contributed by atoms with Crippen molar-refractivity contribution in [3.63, 3.8) is 0 Å². The molecular formula is C8H10O2P+. The van der Waals surface area contributed by atoms with Crippen molar-refractivity contribution in [2.24, 2.45) is 0 Å². The van der Waals surface area contributed by atoms with E-state index in [1.807, 2.05) is 30.3 Å². The Morgan fingerprint density at radius 1 is 1.27 bits per heavy atom. The topological polar surface area (TPSA) is 37.3 Å². The van der Waals surface area contributed by atoms with Crippen LogP contribution in [0.2, 0.25) is 0 Å². The van der Waals surface area contributed by atoms with Gasteiger partial charge in [-0.2, -0.15) is 0 Å². The van der Waals surface area contributed by atoms with Gasteiger partial charge in [0, 0.05) is 0 Å². The highest BCUT2D eigenvalue weighted by Gasteiger charge is 2.16. The van der Waals surface area contributed by atoms with Crippen LogP contribution in [0.5, 0.6) is 0 Å². The lowest BCUT2D eigenvalue weighted by atomic mass is 10.4. The molecule has 0 amide bonds. The molecule has 1 rings (SSSR count). The molecule has 0 fully saturated rings. The first kappa shape index (κ1) is 8.38. The minimum atomic E-state index is -1.38. The van der Waals surface area contributed by atoms with E-state index in [0.717, 1.165) is 5.30 Å². The SMILES string of the molecule is O=[P+](CCO)c1ccccc1. The van der Waals surface area contributed by atoms with Gasteiger partial charge in [0.05, 0.1) is 6.61 Å². The van der Waals surface area contributed by atoms with E-state index < -0.39 is 7.80 Å². The zero-order valence-corrected chi connectivity index (χ0v) is 7.00. The molecule has 0 bridgehead atoms. The fourth-order valence-corrected chi connectivity index (χ4v) is 1.76. The van der Waals surface area contributed by atoms with Crippen molar-refractivity contribution in [3.8, 4) is 0 Å². The fourth-order valence-electron chi connectivity index (χ4n) is 0.814. The van der Waals surface area contributed by atoms with Crippen LogP contribution in [0.25, 0.3) is 0 Å². The highest BCUT2D eigenvalue weighted by molar-refractivity contribution is 7.53. The molecule has 0 saturated carbocycles. The van der Waals surface area contributed by atoms with E-state index in [1.165, 1.54) is 0 Å². The van der Waals surface area contributed by atoms with E-state index in [0.29, 0.717) is 6.16 Å². The van der Waals surface area contributed by atoms with Crippen molar-refractivity contribution in [2.75, 3.05) is 12.8 Å². The predicted octanol–water partition coefficient (Wildman–Crippen LogP) is 1.13. The third-order valence-electron chi connectivity index (χ3n) is 1.35. The number of hydrogen-bond donors (Lipinski definition) is 1. The van der Waals surface area contributed by atoms with E-state index in [-0.39, 0.29) is 6.61 Å². The van der Waals surface area contributed by atoms with E-state index in [9.17, 15) is 4.57 Å². The Kier molecular flexibility index (Phi) is 3.21. The van der Waals surface area contributed by atoms with Crippen molar-refractivity contribution < 1.29 is 9.67 Å². The summed E-state index contributed by atoms with van der Waals surface area (Å²) in [5, 5.41) is 9.33. The van der Waals surface area contributed by atoms with Crippen LogP contribution < -0.4 is 5.30 Å². The van der Waals surface area contributed by atoms with Crippen LogP contribution in [0, 0.1) is 0 Å². The number of hydrogen-bond acceptors (Lipinski definition) is 2. The first-order valence-electron chi connectivity index (χ1n) is 3.45. The van der Waals surface area contributed by atoms with E-state index in [1.54, 1.807) is 0 Å². The Morgan fingerprint density at radius 3 is 2.45 bits per heavy atom. The standard InChI is InChI=1S/C8H10O2P/c9-6-7-11(10)8-4-2-1-3-5-8/h1-5,9H,6-7H2/q+1. The lowest BCUT2D eigenvalue weighted by Crippen LogP contribution is -1.98. The zero-order chi connectivity index (χ0) is 8.10. The van der Waals surface area contributed by atoms with Crippen molar-refractivity contribution in [3.05, 3.63) is 30.3 Å². The third-order valence-corrected chi connectivity index (χ3v) is 2.83. The molecule has 0 aliphatic heterocycles. The van der Waals surface area contributed by atoms with E-state index in [2.05, 4.69) is 0 Å². The maximum absolute atomic E-state index is 11.2. The van der Waals surface area contributed by atoms with Gasteiger partial charge in [0.2, 0.25) is 0 Å². The Hall–Kier alpha value is -0.720. The second kappa shape index (κ2) is 4.22. The molecule has 0 heterocycles. The molecule has 0 aliphatic carbocycles. The summed E-state index contributed by atoms with van der Waals surface area (Å²) >= 11 is 0. The van der Waals surface area contributed by atoms with Crippen LogP contribution in [-0.4, -0.2) is 17.9 Å². The van der Waals surface area contributed by atoms with Gasteiger partial charge in [-0.05, 0) is 12.1 Å². The Balaban J connectivity index is 2.69. The maximum atomic E-state index is 11.2. The lowest BCUT2D eigenvalue weighted by Gasteiger charge is -1.84. The molecule has 58 valence electrons. The van der Waals surface area contributed by atoms with Gasteiger partial charge >= 0.3 is 7.80 Å². The summed E-state index contributed by atoms with van der Waals surface area (Å²) in [7, 11) is -1.38. The summed E-state index contributed by atoms with van der Waals surface area (Å²) in [6.07, 6.45) is 0.360. The summed E-state index contributed by atoms with van der Waals surface area (Å²) in [6, 6.07) is 9.20. The van der Waals surface area contributed by atoms with Gasteiger partial charge in [0.15, 0.2) is 11.5 Å². The van der Waals surface area contributed by atoms with Gasteiger partial charge in [-0.15, -0.1) is 0 Å². The number of benzene rings is 1. The van der Waals surface area contributed by atoms with Crippen LogP contribution in [0.1, 0.15) is 0 Å². The van der Waals surface area contributed by atoms with Crippen LogP contribution in [0.15, 0.2) is 30.3 Å². The van der Waals surface area contributed by atoms with Crippen molar-refractivity contribution in [1.29, 1.82) is 0 Å². The first-order valence-corrected chi connectivity index (χ1v) is 4.89. The Bertz CT molecular complexity index is 233. The largest absolute Gasteiger partial charge is 0.392 e. The van der Waals surface area contributed by atoms with Gasteiger partial charge in [0.25, 0.3) is 0 Å². The normalized spacial score (nSPS) is 11.2. The quantitative estimate of drug-likeness (QED) is 0.688. The van der Waals surface area contributed by atoms with Crippen LogP contribution in [0.3, 0.4) is 0 Å². The number of rotatable bonds is 3. The summed E-state index contributed by atoms with van der Waals surface area (Å²) in [6.45, 7) is -0.00982. The summed E-state index contributed by atoms with van der Waals surface area (Å²) < 4.78 is 11.2. The van der Waals surface area contributed by atoms with Crippen molar-refractivity contribution in [1.82, 2.24) is 0 Å². The third kappa shape index (κ3) is 2.41. The minimum absolute atomic E-state index is 0.00982. The number of aliphatic hydroxyl groups excluding tert-OH is 1. The van der Waals surface area contributed by atoms with Crippen LogP contribution in [0.4, 0.5) is 0 Å². The highest BCUT2D eigenvalue weighted by Crippen LogP contribution is 2.17. The van der Waals surface area contributed by atoms with Gasteiger partial charge < -0.3 is 5.11 Å². The Labute approximate surface area is 66.7 Å². The molecule has 0 saturated heterocycles. The molecule has 0 spiro atoms. The lowest BCUT2D eigenvalue weighted by molar-refractivity contribution is 0.320. The van der Waals surface area contributed by atoms with Crippen LogP contribution >= 0.6 is 7.80 Å². The molecule has 0 radical (unpaired) electrons. The van der Waals surface area contributed by atoms with Gasteiger partial charge in [-0.25, -0.2) is 0 Å². The Morgan fingerprint density at radius 2 is 1.91 bits per heavy atom. The van der Waals surface area contributed by atoms with Gasteiger partial charge in [0.1, 0.15) is 0 Å². The zero-order valence-electron chi connectivity index (χ0n) is 6.10. The van der Waals surface area contributed by atoms with Crippen molar-refractivity contribution >= 4 is 13.1 Å². The molecule has 2 nitrogen and oxygen atoms in total. The predicted molar refractivity (Wildman–Crippen MR) is 45.6 cm³/mol. The average molecular weight is 169 g/mol. The van der Waals surface area contributed by atoms with Crippen LogP contribution in [-0.2, 0) is 4.57 Å². The molecular weight excluding hydrogens is 159 g/mol.